The van der Waals surface area contributed by atoms with Gasteiger partial charge in [0.1, 0.15) is 10.8 Å². The molecule has 7 heteroatoms. The van der Waals surface area contributed by atoms with Crippen molar-refractivity contribution in [3.63, 3.8) is 0 Å². The van der Waals surface area contributed by atoms with Gasteiger partial charge >= 0.3 is 0 Å². The van der Waals surface area contributed by atoms with Crippen molar-refractivity contribution >= 4 is 23.6 Å². The van der Waals surface area contributed by atoms with Gasteiger partial charge in [0.2, 0.25) is 0 Å². The fraction of sp³-hybridized carbons (Fsp3) is 0. The van der Waals surface area contributed by atoms with E-state index in [1.165, 1.54) is 28.9 Å². The summed E-state index contributed by atoms with van der Waals surface area (Å²) in [4.78, 5) is 21.6. The molecule has 0 saturated carbocycles. The standard InChI is InChI=1S/C16H10ClN3O3/c17-16-14(10-21)15(11-4-2-1-3-5-11)18-19(16)12-6-8-13(9-7-12)20(22)23/h1-10H. The number of hydrogen-bond donors (Lipinski definition) is 0. The van der Waals surface area contributed by atoms with Crippen LogP contribution in [0.1, 0.15) is 10.4 Å². The Kier molecular flexibility index (Phi) is 3.91. The van der Waals surface area contributed by atoms with E-state index in [-0.39, 0.29) is 16.4 Å². The number of non-ortho nitro benzene ring substituents is 1. The number of nitrogens with zero attached hydrogens (tertiary/aromatic N) is 3. The number of nitro groups is 1. The van der Waals surface area contributed by atoms with Gasteiger partial charge in [0.25, 0.3) is 5.69 Å². The van der Waals surface area contributed by atoms with Crippen LogP contribution in [0.4, 0.5) is 5.69 Å². The Morgan fingerprint density at radius 2 is 1.74 bits per heavy atom. The fourth-order valence-electron chi connectivity index (χ4n) is 2.21. The van der Waals surface area contributed by atoms with Crippen LogP contribution in [0.15, 0.2) is 54.6 Å². The van der Waals surface area contributed by atoms with E-state index in [0.717, 1.165) is 5.56 Å². The summed E-state index contributed by atoms with van der Waals surface area (Å²) in [5, 5.41) is 15.3. The lowest BCUT2D eigenvalue weighted by molar-refractivity contribution is -0.384. The summed E-state index contributed by atoms with van der Waals surface area (Å²) in [6, 6.07) is 15.0. The molecule has 0 bridgehead atoms. The number of hydrogen-bond acceptors (Lipinski definition) is 4. The molecular weight excluding hydrogens is 318 g/mol. The molecule has 0 aliphatic carbocycles. The number of aromatic nitrogens is 2. The van der Waals surface area contributed by atoms with Gasteiger partial charge in [-0.3, -0.25) is 14.9 Å². The van der Waals surface area contributed by atoms with Crippen molar-refractivity contribution in [3.8, 4) is 16.9 Å². The van der Waals surface area contributed by atoms with E-state index in [9.17, 15) is 14.9 Å². The Hall–Kier alpha value is -2.99. The third-order valence-electron chi connectivity index (χ3n) is 3.33. The molecule has 0 N–H and O–H groups in total. The van der Waals surface area contributed by atoms with Crippen LogP contribution in [0.2, 0.25) is 5.15 Å². The molecule has 0 radical (unpaired) electrons. The van der Waals surface area contributed by atoms with E-state index < -0.39 is 4.92 Å². The van der Waals surface area contributed by atoms with Crippen LogP contribution in [0.5, 0.6) is 0 Å². The van der Waals surface area contributed by atoms with Crippen LogP contribution in [-0.2, 0) is 0 Å². The minimum atomic E-state index is -0.485. The fourth-order valence-corrected chi connectivity index (χ4v) is 2.48. The number of rotatable bonds is 4. The van der Waals surface area contributed by atoms with Crippen molar-refractivity contribution in [2.75, 3.05) is 0 Å². The molecule has 1 aromatic heterocycles. The number of halogens is 1. The summed E-state index contributed by atoms with van der Waals surface area (Å²) < 4.78 is 1.39. The van der Waals surface area contributed by atoms with Crippen molar-refractivity contribution in [2.24, 2.45) is 0 Å². The largest absolute Gasteiger partial charge is 0.298 e. The molecule has 0 aliphatic heterocycles. The molecule has 0 fully saturated rings. The minimum Gasteiger partial charge on any atom is -0.298 e. The Morgan fingerprint density at radius 1 is 1.09 bits per heavy atom. The van der Waals surface area contributed by atoms with Gasteiger partial charge in [0, 0.05) is 17.7 Å². The lowest BCUT2D eigenvalue weighted by Gasteiger charge is -2.02. The molecule has 114 valence electrons. The maximum Gasteiger partial charge on any atom is 0.269 e. The predicted molar refractivity (Wildman–Crippen MR) is 86.1 cm³/mol. The average Bonchev–Trinajstić information content (AvgIpc) is 2.92. The van der Waals surface area contributed by atoms with Gasteiger partial charge < -0.3 is 0 Å². The van der Waals surface area contributed by atoms with Crippen LogP contribution >= 0.6 is 11.6 Å². The summed E-state index contributed by atoms with van der Waals surface area (Å²) in [5.41, 5.74) is 2.00. The van der Waals surface area contributed by atoms with Crippen molar-refractivity contribution in [3.05, 3.63) is 75.4 Å². The lowest BCUT2D eigenvalue weighted by Crippen LogP contribution is -1.97. The third-order valence-corrected chi connectivity index (χ3v) is 3.70. The number of aldehydes is 1. The number of carbonyl (C=O) groups excluding carboxylic acids is 1. The summed E-state index contributed by atoms with van der Waals surface area (Å²) in [7, 11) is 0. The van der Waals surface area contributed by atoms with Crippen molar-refractivity contribution in [2.45, 2.75) is 0 Å². The second-order valence-electron chi connectivity index (χ2n) is 4.72. The lowest BCUT2D eigenvalue weighted by atomic mass is 10.1. The van der Waals surface area contributed by atoms with Gasteiger partial charge in [-0.15, -0.1) is 0 Å². The number of benzene rings is 2. The first-order valence-corrected chi connectivity index (χ1v) is 7.03. The van der Waals surface area contributed by atoms with Crippen LogP contribution in [0, 0.1) is 10.1 Å². The highest BCUT2D eigenvalue weighted by Gasteiger charge is 2.18. The zero-order valence-corrected chi connectivity index (χ0v) is 12.5. The molecule has 6 nitrogen and oxygen atoms in total. The first-order chi connectivity index (χ1) is 11.1. The smallest absolute Gasteiger partial charge is 0.269 e. The summed E-state index contributed by atoms with van der Waals surface area (Å²) in [5.74, 6) is 0. The molecule has 0 spiro atoms. The van der Waals surface area contributed by atoms with Gasteiger partial charge in [-0.1, -0.05) is 41.9 Å². The summed E-state index contributed by atoms with van der Waals surface area (Å²) in [6.45, 7) is 0. The van der Waals surface area contributed by atoms with E-state index in [1.807, 2.05) is 30.3 Å². The summed E-state index contributed by atoms with van der Waals surface area (Å²) in [6.07, 6.45) is 0.652. The van der Waals surface area contributed by atoms with E-state index in [1.54, 1.807) is 0 Å². The van der Waals surface area contributed by atoms with Gasteiger partial charge in [-0.2, -0.15) is 5.10 Å². The molecule has 1 heterocycles. The number of carbonyl (C=O) groups is 1. The van der Waals surface area contributed by atoms with Crippen molar-refractivity contribution in [1.82, 2.24) is 9.78 Å². The van der Waals surface area contributed by atoms with E-state index in [0.29, 0.717) is 17.7 Å². The Bertz CT molecular complexity index is 874. The molecule has 0 atom stereocenters. The molecule has 2 aromatic carbocycles. The molecule has 23 heavy (non-hydrogen) atoms. The van der Waals surface area contributed by atoms with Crippen LogP contribution in [0.25, 0.3) is 16.9 Å². The third kappa shape index (κ3) is 2.72. The highest BCUT2D eigenvalue weighted by atomic mass is 35.5. The van der Waals surface area contributed by atoms with E-state index >= 15 is 0 Å². The second kappa shape index (κ2) is 6.02. The average molecular weight is 328 g/mol. The zero-order chi connectivity index (χ0) is 16.4. The first-order valence-electron chi connectivity index (χ1n) is 6.65. The van der Waals surface area contributed by atoms with Crippen LogP contribution in [-0.4, -0.2) is 21.0 Å². The minimum absolute atomic E-state index is 0.0316. The molecule has 3 rings (SSSR count). The van der Waals surface area contributed by atoms with Gasteiger partial charge in [-0.05, 0) is 12.1 Å². The topological polar surface area (TPSA) is 78.0 Å². The Balaban J connectivity index is 2.12. The maximum atomic E-state index is 11.4. The van der Waals surface area contributed by atoms with Crippen LogP contribution < -0.4 is 0 Å². The highest BCUT2D eigenvalue weighted by molar-refractivity contribution is 6.32. The maximum absolute atomic E-state index is 11.4. The Morgan fingerprint density at radius 3 is 2.30 bits per heavy atom. The van der Waals surface area contributed by atoms with Crippen molar-refractivity contribution in [1.29, 1.82) is 0 Å². The normalized spacial score (nSPS) is 10.5. The van der Waals surface area contributed by atoms with E-state index in [4.69, 9.17) is 11.6 Å². The predicted octanol–water partition coefficient (Wildman–Crippen LogP) is 3.91. The SMILES string of the molecule is O=Cc1c(-c2ccccc2)nn(-c2ccc([N+](=O)[O-])cc2)c1Cl. The van der Waals surface area contributed by atoms with Gasteiger partial charge in [0.05, 0.1) is 16.2 Å². The monoisotopic (exact) mass is 327 g/mol. The molecule has 3 aromatic rings. The molecule has 0 saturated heterocycles. The molecule has 0 amide bonds. The Labute approximate surface area is 136 Å². The quantitative estimate of drug-likeness (QED) is 0.413. The summed E-state index contributed by atoms with van der Waals surface area (Å²) >= 11 is 6.25. The second-order valence-corrected chi connectivity index (χ2v) is 5.08. The van der Waals surface area contributed by atoms with Gasteiger partial charge in [0.15, 0.2) is 6.29 Å². The molecular formula is C16H10ClN3O3. The number of nitro benzene ring substituents is 1. The molecule has 0 aliphatic rings. The first kappa shape index (κ1) is 14.9. The van der Waals surface area contributed by atoms with Crippen molar-refractivity contribution < 1.29 is 9.72 Å². The highest BCUT2D eigenvalue weighted by Crippen LogP contribution is 2.29. The van der Waals surface area contributed by atoms with Crippen LogP contribution in [0.3, 0.4) is 0 Å². The zero-order valence-electron chi connectivity index (χ0n) is 11.7. The molecule has 0 unspecified atom stereocenters. The van der Waals surface area contributed by atoms with Gasteiger partial charge in [-0.25, -0.2) is 4.68 Å². The van der Waals surface area contributed by atoms with E-state index in [2.05, 4.69) is 5.10 Å².